The Morgan fingerprint density at radius 2 is 1.73 bits per heavy atom. The van der Waals surface area contributed by atoms with Crippen LogP contribution in [0.3, 0.4) is 0 Å². The highest BCUT2D eigenvalue weighted by Gasteiger charge is 2.57. The zero-order chi connectivity index (χ0) is 28.7. The summed E-state index contributed by atoms with van der Waals surface area (Å²) in [6.07, 6.45) is 1.48. The van der Waals surface area contributed by atoms with Crippen molar-refractivity contribution in [2.45, 2.75) is 29.7 Å². The number of hydrogen-bond donors (Lipinski definition) is 1. The third-order valence-corrected chi connectivity index (χ3v) is 9.50. The second-order valence-electron chi connectivity index (χ2n) is 9.37. The molecular weight excluding hydrogens is 566 g/mol. The van der Waals surface area contributed by atoms with Crippen molar-refractivity contribution in [1.29, 1.82) is 0 Å². The number of ether oxygens (including phenoxy) is 1. The van der Waals surface area contributed by atoms with Crippen molar-refractivity contribution in [3.8, 4) is 0 Å². The van der Waals surface area contributed by atoms with Gasteiger partial charge in [-0.2, -0.15) is 0 Å². The van der Waals surface area contributed by atoms with Gasteiger partial charge in [0.15, 0.2) is 0 Å². The third kappa shape index (κ3) is 4.78. The van der Waals surface area contributed by atoms with Crippen molar-refractivity contribution in [1.82, 2.24) is 4.57 Å². The van der Waals surface area contributed by atoms with Crippen LogP contribution in [0.2, 0.25) is 0 Å². The van der Waals surface area contributed by atoms with E-state index < -0.39 is 40.8 Å². The Morgan fingerprint density at radius 3 is 2.41 bits per heavy atom. The van der Waals surface area contributed by atoms with Crippen LogP contribution in [0, 0.1) is 5.92 Å². The van der Waals surface area contributed by atoms with Crippen LogP contribution >= 0.6 is 23.1 Å². The van der Waals surface area contributed by atoms with Gasteiger partial charge in [0.05, 0.1) is 45.9 Å². The standard InChI is InChI=1S/C29H23N3O7S2/c1-2-38-28(36)16-10-12-18(13-11-16)32-25(34)22-21(19-9-6-14-39-19)24-27(40-23(22)26(32)35)31(29(37)41-24)15-20(33)30-17-7-4-3-5-8-17/h3-14,21-23H,2,15H2,1H3,(H,30,33)/t21-,22-,23+/m0/s1. The summed E-state index contributed by atoms with van der Waals surface area (Å²) in [7, 11) is 0. The van der Waals surface area contributed by atoms with Crippen LogP contribution in [0.5, 0.6) is 0 Å². The fourth-order valence-corrected chi connectivity index (χ4v) is 7.86. The highest BCUT2D eigenvalue weighted by atomic mass is 32.2. The van der Waals surface area contributed by atoms with Crippen LogP contribution < -0.4 is 15.1 Å². The zero-order valence-corrected chi connectivity index (χ0v) is 23.3. The number of amides is 3. The molecule has 2 aromatic heterocycles. The Balaban J connectivity index is 1.35. The van der Waals surface area contributed by atoms with Crippen LogP contribution in [0.1, 0.15) is 33.8 Å². The summed E-state index contributed by atoms with van der Waals surface area (Å²) in [6, 6.07) is 18.4. The third-order valence-electron chi connectivity index (χ3n) is 6.89. The number of esters is 1. The molecule has 0 bridgehead atoms. The first-order valence-electron chi connectivity index (χ1n) is 12.8. The monoisotopic (exact) mass is 589 g/mol. The van der Waals surface area contributed by atoms with Gasteiger partial charge in [-0.25, -0.2) is 9.69 Å². The Labute approximate surface area is 241 Å². The normalized spacial score (nSPS) is 19.5. The molecule has 6 rings (SSSR count). The topological polar surface area (TPSA) is 128 Å². The first kappa shape index (κ1) is 26.8. The summed E-state index contributed by atoms with van der Waals surface area (Å²) in [5.41, 5.74) is 1.22. The number of nitrogens with one attached hydrogen (secondary N) is 1. The first-order valence-corrected chi connectivity index (χ1v) is 14.5. The average Bonchev–Trinajstić information content (AvgIpc) is 3.67. The molecule has 12 heteroatoms. The second-order valence-corrected chi connectivity index (χ2v) is 11.5. The van der Waals surface area contributed by atoms with E-state index in [-0.39, 0.29) is 18.0 Å². The van der Waals surface area contributed by atoms with E-state index in [0.29, 0.717) is 32.6 Å². The molecular formula is C29H23N3O7S2. The highest BCUT2D eigenvalue weighted by Crippen LogP contribution is 2.53. The van der Waals surface area contributed by atoms with E-state index in [1.54, 1.807) is 43.3 Å². The number of aromatic nitrogens is 1. The lowest BCUT2D eigenvalue weighted by Gasteiger charge is -2.29. The number of thioether (sulfide) groups is 1. The van der Waals surface area contributed by atoms with Gasteiger partial charge in [-0.1, -0.05) is 41.3 Å². The summed E-state index contributed by atoms with van der Waals surface area (Å²) in [4.78, 5) is 67.1. The largest absolute Gasteiger partial charge is 0.469 e. The lowest BCUT2D eigenvalue weighted by atomic mass is 9.87. The summed E-state index contributed by atoms with van der Waals surface area (Å²) >= 11 is 2.06. The maximum atomic E-state index is 13.9. The summed E-state index contributed by atoms with van der Waals surface area (Å²) in [5, 5.41) is 2.39. The number of nitrogens with zero attached hydrogens (tertiary/aromatic N) is 2. The Bertz CT molecular complexity index is 1690. The smallest absolute Gasteiger partial charge is 0.338 e. The highest BCUT2D eigenvalue weighted by molar-refractivity contribution is 8.00. The van der Waals surface area contributed by atoms with E-state index in [1.807, 2.05) is 6.07 Å². The van der Waals surface area contributed by atoms with Gasteiger partial charge >= 0.3 is 10.8 Å². The number of rotatable bonds is 7. The molecule has 0 spiro atoms. The molecule has 0 aliphatic carbocycles. The Kier molecular flexibility index (Phi) is 7.10. The SMILES string of the molecule is CCOC(=O)c1ccc(N2C(=O)[C@H]3[C@H](c4ccco4)c4sc(=O)n(CC(=O)Nc5ccccc5)c4S[C@H]3C2=O)cc1. The summed E-state index contributed by atoms with van der Waals surface area (Å²) in [6.45, 7) is 1.67. The quantitative estimate of drug-likeness (QED) is 0.252. The van der Waals surface area contributed by atoms with Gasteiger partial charge in [-0.3, -0.25) is 23.7 Å². The maximum Gasteiger partial charge on any atom is 0.338 e. The van der Waals surface area contributed by atoms with E-state index >= 15 is 0 Å². The Morgan fingerprint density at radius 1 is 0.976 bits per heavy atom. The summed E-state index contributed by atoms with van der Waals surface area (Å²) in [5.74, 6) is -2.85. The summed E-state index contributed by atoms with van der Waals surface area (Å²) < 4.78 is 12.1. The maximum absolute atomic E-state index is 13.9. The minimum Gasteiger partial charge on any atom is -0.469 e. The molecule has 2 aliphatic rings. The molecule has 208 valence electrons. The van der Waals surface area contributed by atoms with Crippen molar-refractivity contribution in [2.75, 3.05) is 16.8 Å². The van der Waals surface area contributed by atoms with Gasteiger partial charge < -0.3 is 14.5 Å². The minimum absolute atomic E-state index is 0.224. The lowest BCUT2D eigenvalue weighted by Crippen LogP contribution is -2.32. The number of hydrogen-bond acceptors (Lipinski definition) is 9. The fraction of sp³-hybridized carbons (Fsp3) is 0.207. The number of para-hydroxylation sites is 1. The number of carbonyl (C=O) groups is 4. The van der Waals surface area contributed by atoms with Crippen molar-refractivity contribution >= 4 is 58.2 Å². The second kappa shape index (κ2) is 10.9. The lowest BCUT2D eigenvalue weighted by molar-refractivity contribution is -0.122. The van der Waals surface area contributed by atoms with Gasteiger partial charge in [0.2, 0.25) is 17.7 Å². The molecule has 1 N–H and O–H groups in total. The van der Waals surface area contributed by atoms with E-state index in [2.05, 4.69) is 5.32 Å². The Hall–Kier alpha value is -4.42. The van der Waals surface area contributed by atoms with Crippen molar-refractivity contribution in [3.05, 3.63) is 98.9 Å². The zero-order valence-electron chi connectivity index (χ0n) is 21.6. The van der Waals surface area contributed by atoms with Crippen molar-refractivity contribution in [2.24, 2.45) is 5.92 Å². The van der Waals surface area contributed by atoms with Crippen LogP contribution in [-0.4, -0.2) is 40.1 Å². The van der Waals surface area contributed by atoms with Crippen LogP contribution in [0.4, 0.5) is 11.4 Å². The number of anilines is 2. The molecule has 0 saturated carbocycles. The predicted molar refractivity (Wildman–Crippen MR) is 152 cm³/mol. The van der Waals surface area contributed by atoms with E-state index in [0.717, 1.165) is 28.0 Å². The number of thiazole rings is 1. The molecule has 10 nitrogen and oxygen atoms in total. The van der Waals surface area contributed by atoms with E-state index in [4.69, 9.17) is 9.15 Å². The molecule has 4 aromatic rings. The number of carbonyl (C=O) groups excluding carboxylic acids is 4. The first-order chi connectivity index (χ1) is 19.9. The molecule has 4 heterocycles. The molecule has 2 aliphatic heterocycles. The van der Waals surface area contributed by atoms with Gasteiger partial charge in [-0.05, 0) is 55.5 Å². The number of imide groups is 1. The van der Waals surface area contributed by atoms with Gasteiger partial charge in [-0.15, -0.1) is 0 Å². The number of benzene rings is 2. The molecule has 0 unspecified atom stereocenters. The molecule has 1 fully saturated rings. The molecule has 41 heavy (non-hydrogen) atoms. The number of furan rings is 1. The van der Waals surface area contributed by atoms with Crippen LogP contribution in [-0.2, 0) is 25.7 Å². The molecule has 1 saturated heterocycles. The van der Waals surface area contributed by atoms with Gasteiger partial charge in [0, 0.05) is 5.69 Å². The van der Waals surface area contributed by atoms with Crippen molar-refractivity contribution < 1.29 is 28.3 Å². The predicted octanol–water partition coefficient (Wildman–Crippen LogP) is 4.11. The number of fused-ring (bicyclic) bond motifs is 2. The van der Waals surface area contributed by atoms with Gasteiger partial charge in [0.1, 0.15) is 17.6 Å². The van der Waals surface area contributed by atoms with E-state index in [1.165, 1.54) is 35.1 Å². The molecule has 3 amide bonds. The molecule has 3 atom stereocenters. The average molecular weight is 590 g/mol. The van der Waals surface area contributed by atoms with E-state index in [9.17, 15) is 24.0 Å². The van der Waals surface area contributed by atoms with Gasteiger partial charge in [0.25, 0.3) is 0 Å². The fourth-order valence-electron chi connectivity index (χ4n) is 5.11. The van der Waals surface area contributed by atoms with Crippen molar-refractivity contribution in [3.63, 3.8) is 0 Å². The minimum atomic E-state index is -0.854. The van der Waals surface area contributed by atoms with Crippen LogP contribution in [0.25, 0.3) is 0 Å². The van der Waals surface area contributed by atoms with Crippen LogP contribution in [0.15, 0.2) is 87.2 Å². The molecule has 0 radical (unpaired) electrons. The molecule has 2 aromatic carbocycles.